The number of alkyl carbamates (subject to hydrolysis) is 1. The monoisotopic (exact) mass is 457 g/mol. The van der Waals surface area contributed by atoms with Crippen LogP contribution < -0.4 is 11.1 Å². The fourth-order valence-corrected chi connectivity index (χ4v) is 4.13. The van der Waals surface area contributed by atoms with Gasteiger partial charge >= 0.3 is 6.09 Å². The molecule has 1 saturated carbocycles. The van der Waals surface area contributed by atoms with Crippen LogP contribution in [0.4, 0.5) is 10.6 Å². The van der Waals surface area contributed by atoms with E-state index >= 15 is 0 Å². The Kier molecular flexibility index (Phi) is 5.08. The van der Waals surface area contributed by atoms with Crippen molar-refractivity contribution in [3.8, 4) is 0 Å². The maximum atomic E-state index is 11.9. The van der Waals surface area contributed by atoms with Gasteiger partial charge in [-0.25, -0.2) is 14.8 Å². The molecule has 8 heteroatoms. The highest BCUT2D eigenvalue weighted by Crippen LogP contribution is 2.34. The SMILES string of the molecule is CC(C)(C)OC(=O)NC1CCC(n2cc(I)c3c(N)ncnc32)CC1. The van der Waals surface area contributed by atoms with Crippen molar-refractivity contribution >= 4 is 45.5 Å². The highest BCUT2D eigenvalue weighted by molar-refractivity contribution is 14.1. The number of nitrogens with two attached hydrogens (primary N) is 1. The van der Waals surface area contributed by atoms with Gasteiger partial charge in [0.25, 0.3) is 0 Å². The topological polar surface area (TPSA) is 95.1 Å². The molecular formula is C17H24IN5O2. The first kappa shape index (κ1) is 18.2. The smallest absolute Gasteiger partial charge is 0.407 e. The van der Waals surface area contributed by atoms with Crippen LogP contribution in [-0.4, -0.2) is 32.3 Å². The molecule has 0 aromatic carbocycles. The minimum absolute atomic E-state index is 0.159. The molecule has 0 radical (unpaired) electrons. The van der Waals surface area contributed by atoms with E-state index in [1.54, 1.807) is 0 Å². The lowest BCUT2D eigenvalue weighted by molar-refractivity contribution is 0.0488. The molecule has 3 N–H and O–H groups in total. The first-order chi connectivity index (χ1) is 11.7. The lowest BCUT2D eigenvalue weighted by Crippen LogP contribution is -2.41. The van der Waals surface area contributed by atoms with E-state index in [9.17, 15) is 4.79 Å². The summed E-state index contributed by atoms with van der Waals surface area (Å²) in [6.07, 6.45) is 7.07. The van der Waals surface area contributed by atoms with Crippen LogP contribution in [0.2, 0.25) is 0 Å². The number of halogens is 1. The molecule has 1 amide bonds. The standard InChI is InChI=1S/C17H24IN5O2/c1-17(2,3)25-16(24)22-10-4-6-11(7-5-10)23-8-12(18)13-14(19)20-9-21-15(13)23/h8-11H,4-7H2,1-3H3,(H,22,24)(H2,19,20,21). The first-order valence-electron chi connectivity index (χ1n) is 8.50. The van der Waals surface area contributed by atoms with E-state index in [0.717, 1.165) is 40.3 Å². The van der Waals surface area contributed by atoms with Gasteiger partial charge in [-0.1, -0.05) is 0 Å². The number of amides is 1. The van der Waals surface area contributed by atoms with Gasteiger partial charge < -0.3 is 20.4 Å². The predicted octanol–water partition coefficient (Wildman–Crippen LogP) is 3.63. The maximum absolute atomic E-state index is 11.9. The van der Waals surface area contributed by atoms with Gasteiger partial charge in [0.1, 0.15) is 23.4 Å². The summed E-state index contributed by atoms with van der Waals surface area (Å²) in [5.41, 5.74) is 6.42. The fourth-order valence-electron chi connectivity index (χ4n) is 3.31. The number of aromatic nitrogens is 3. The van der Waals surface area contributed by atoms with Gasteiger partial charge in [-0.05, 0) is 69.0 Å². The second-order valence-electron chi connectivity index (χ2n) is 7.49. The van der Waals surface area contributed by atoms with Gasteiger partial charge in [-0.2, -0.15) is 0 Å². The van der Waals surface area contributed by atoms with Crippen molar-refractivity contribution < 1.29 is 9.53 Å². The number of hydrogen-bond acceptors (Lipinski definition) is 5. The zero-order chi connectivity index (χ0) is 18.2. The largest absolute Gasteiger partial charge is 0.444 e. The number of nitrogens with one attached hydrogen (secondary N) is 1. The number of ether oxygens (including phenoxy) is 1. The third-order valence-corrected chi connectivity index (χ3v) is 5.22. The van der Waals surface area contributed by atoms with Crippen molar-refractivity contribution in [1.29, 1.82) is 0 Å². The lowest BCUT2D eigenvalue weighted by Gasteiger charge is -2.31. The Morgan fingerprint density at radius 3 is 2.64 bits per heavy atom. The summed E-state index contributed by atoms with van der Waals surface area (Å²) < 4.78 is 8.62. The predicted molar refractivity (Wildman–Crippen MR) is 105 cm³/mol. The van der Waals surface area contributed by atoms with Gasteiger partial charge in [0.15, 0.2) is 0 Å². The van der Waals surface area contributed by atoms with Gasteiger partial charge in [-0.3, -0.25) is 0 Å². The normalized spacial score (nSPS) is 21.3. The van der Waals surface area contributed by atoms with Crippen molar-refractivity contribution in [3.63, 3.8) is 0 Å². The number of anilines is 1. The summed E-state index contributed by atoms with van der Waals surface area (Å²) in [5, 5.41) is 3.91. The molecule has 7 nitrogen and oxygen atoms in total. The molecule has 2 aromatic heterocycles. The number of rotatable bonds is 2. The van der Waals surface area contributed by atoms with Crippen molar-refractivity contribution in [3.05, 3.63) is 16.1 Å². The Balaban J connectivity index is 1.65. The third kappa shape index (κ3) is 4.16. The zero-order valence-electron chi connectivity index (χ0n) is 14.8. The Hall–Kier alpha value is -1.58. The lowest BCUT2D eigenvalue weighted by atomic mass is 9.91. The summed E-state index contributed by atoms with van der Waals surface area (Å²) in [6, 6.07) is 0.517. The minimum atomic E-state index is -0.471. The van der Waals surface area contributed by atoms with Crippen LogP contribution >= 0.6 is 22.6 Å². The van der Waals surface area contributed by atoms with Crippen molar-refractivity contribution in [1.82, 2.24) is 19.9 Å². The van der Waals surface area contributed by atoms with Crippen molar-refractivity contribution in [2.75, 3.05) is 5.73 Å². The van der Waals surface area contributed by atoms with Gasteiger partial charge in [0.05, 0.1) is 5.39 Å². The van der Waals surface area contributed by atoms with Gasteiger partial charge in [0.2, 0.25) is 0 Å². The average Bonchev–Trinajstić information content (AvgIpc) is 2.84. The van der Waals surface area contributed by atoms with Crippen LogP contribution in [0.3, 0.4) is 0 Å². The molecule has 0 bridgehead atoms. The molecule has 1 fully saturated rings. The van der Waals surface area contributed by atoms with Gasteiger partial charge in [-0.15, -0.1) is 0 Å². The molecule has 0 unspecified atom stereocenters. The summed E-state index contributed by atoms with van der Waals surface area (Å²) in [7, 11) is 0. The maximum Gasteiger partial charge on any atom is 0.407 e. The molecule has 2 heterocycles. The zero-order valence-corrected chi connectivity index (χ0v) is 16.9. The molecule has 1 aliphatic carbocycles. The van der Waals surface area contributed by atoms with E-state index in [2.05, 4.69) is 48.6 Å². The third-order valence-electron chi connectivity index (χ3n) is 4.40. The van der Waals surface area contributed by atoms with Crippen LogP contribution in [-0.2, 0) is 4.74 Å². The second kappa shape index (κ2) is 6.97. The molecule has 0 aliphatic heterocycles. The molecule has 25 heavy (non-hydrogen) atoms. The Labute approximate surface area is 160 Å². The van der Waals surface area contributed by atoms with Crippen molar-refractivity contribution in [2.24, 2.45) is 0 Å². The molecule has 0 atom stereocenters. The van der Waals surface area contributed by atoms with E-state index in [0.29, 0.717) is 11.9 Å². The van der Waals surface area contributed by atoms with Crippen LogP contribution in [0.1, 0.15) is 52.5 Å². The van der Waals surface area contributed by atoms with Crippen LogP contribution in [0.25, 0.3) is 11.0 Å². The molecule has 0 saturated heterocycles. The Bertz CT molecular complexity index is 775. The highest BCUT2D eigenvalue weighted by atomic mass is 127. The van der Waals surface area contributed by atoms with E-state index in [-0.39, 0.29) is 12.1 Å². The number of carbonyl (C=O) groups is 1. The average molecular weight is 457 g/mol. The highest BCUT2D eigenvalue weighted by Gasteiger charge is 2.27. The number of fused-ring (bicyclic) bond motifs is 1. The van der Waals surface area contributed by atoms with Gasteiger partial charge in [0, 0.05) is 21.9 Å². The summed E-state index contributed by atoms with van der Waals surface area (Å²) in [6.45, 7) is 5.61. The quantitative estimate of drug-likeness (QED) is 0.672. The van der Waals surface area contributed by atoms with Crippen molar-refractivity contribution in [2.45, 2.75) is 64.1 Å². The summed E-state index contributed by atoms with van der Waals surface area (Å²) in [5.74, 6) is 0.522. The number of carbonyl (C=O) groups excluding carboxylic acids is 1. The second-order valence-corrected chi connectivity index (χ2v) is 8.66. The minimum Gasteiger partial charge on any atom is -0.444 e. The number of nitrogens with zero attached hydrogens (tertiary/aromatic N) is 3. The van der Waals surface area contributed by atoms with E-state index in [1.807, 2.05) is 20.8 Å². The summed E-state index contributed by atoms with van der Waals surface area (Å²) in [4.78, 5) is 20.4. The Morgan fingerprint density at radius 2 is 2.00 bits per heavy atom. The molecule has 1 aliphatic rings. The molecule has 136 valence electrons. The summed E-state index contributed by atoms with van der Waals surface area (Å²) >= 11 is 2.28. The Morgan fingerprint density at radius 1 is 1.32 bits per heavy atom. The van der Waals surface area contributed by atoms with Crippen LogP contribution in [0, 0.1) is 3.57 Å². The number of hydrogen-bond donors (Lipinski definition) is 2. The first-order valence-corrected chi connectivity index (χ1v) is 9.58. The molecule has 3 rings (SSSR count). The molecular weight excluding hydrogens is 433 g/mol. The molecule has 2 aromatic rings. The van der Waals surface area contributed by atoms with Crippen LogP contribution in [0.5, 0.6) is 0 Å². The fraction of sp³-hybridized carbons (Fsp3) is 0.588. The number of nitrogen functional groups attached to an aromatic ring is 1. The van der Waals surface area contributed by atoms with Crippen LogP contribution in [0.15, 0.2) is 12.5 Å². The van der Waals surface area contributed by atoms with E-state index in [4.69, 9.17) is 10.5 Å². The molecule has 0 spiro atoms. The van der Waals surface area contributed by atoms with E-state index < -0.39 is 5.60 Å². The van der Waals surface area contributed by atoms with E-state index in [1.165, 1.54) is 6.33 Å².